The van der Waals surface area contributed by atoms with Gasteiger partial charge < -0.3 is 0 Å². The van der Waals surface area contributed by atoms with E-state index < -0.39 is 0 Å². The number of ketones is 2. The van der Waals surface area contributed by atoms with Gasteiger partial charge in [0.25, 0.3) is 0 Å². The van der Waals surface area contributed by atoms with E-state index in [0.29, 0.717) is 28.7 Å². The number of allylic oxidation sites excluding steroid dienone is 10. The number of benzene rings is 1. The Kier molecular flexibility index (Phi) is 10.3. The number of carbonyl (C=O) groups excluding carboxylic acids is 2. The highest BCUT2D eigenvalue weighted by Crippen LogP contribution is 2.28. The van der Waals surface area contributed by atoms with Gasteiger partial charge in [-0.05, 0) is 79.6 Å². The number of rotatable bonds is 11. The Morgan fingerprint density at radius 3 is 1.81 bits per heavy atom. The van der Waals surface area contributed by atoms with Crippen molar-refractivity contribution in [3.63, 3.8) is 0 Å². The van der Waals surface area contributed by atoms with Crippen LogP contribution in [0.4, 0.5) is 0 Å². The van der Waals surface area contributed by atoms with Gasteiger partial charge in [-0.2, -0.15) is 0 Å². The molecule has 0 fully saturated rings. The number of Topliss-reactive ketones (excluding diaryl/α,β-unsaturated/α-hetero) is 2. The lowest BCUT2D eigenvalue weighted by Gasteiger charge is -2.18. The lowest BCUT2D eigenvalue weighted by atomic mass is 9.83. The van der Waals surface area contributed by atoms with E-state index in [2.05, 4.69) is 58.1 Å². The third-order valence-electron chi connectivity index (χ3n) is 6.14. The molecule has 170 valence electrons. The summed E-state index contributed by atoms with van der Waals surface area (Å²) in [6, 6.07) is 7.13. The average Bonchev–Trinajstić information content (AvgIpc) is 2.77. The Morgan fingerprint density at radius 1 is 0.750 bits per heavy atom. The first-order valence-corrected chi connectivity index (χ1v) is 11.8. The van der Waals surface area contributed by atoms with Crippen molar-refractivity contribution in [2.75, 3.05) is 0 Å². The molecule has 1 aromatic rings. The summed E-state index contributed by atoms with van der Waals surface area (Å²) in [5, 5.41) is 0. The minimum atomic E-state index is -0.0223. The molecule has 2 rings (SSSR count). The fraction of sp³-hybridized carbons (Fsp3) is 0.400. The molecule has 0 radical (unpaired) electrons. The van der Waals surface area contributed by atoms with Crippen molar-refractivity contribution in [2.24, 2.45) is 0 Å². The van der Waals surface area contributed by atoms with E-state index in [1.165, 1.54) is 16.7 Å². The zero-order chi connectivity index (χ0) is 23.5. The van der Waals surface area contributed by atoms with Crippen molar-refractivity contribution in [3.05, 3.63) is 93.6 Å². The van der Waals surface area contributed by atoms with Crippen LogP contribution in [-0.2, 0) is 0 Å². The molecule has 1 aliphatic carbocycles. The Balaban J connectivity index is 1.84. The normalized spacial score (nSPS) is 15.7. The van der Waals surface area contributed by atoms with Gasteiger partial charge in [-0.3, -0.25) is 9.59 Å². The second-order valence-corrected chi connectivity index (χ2v) is 8.85. The lowest BCUT2D eigenvalue weighted by Crippen LogP contribution is -2.20. The van der Waals surface area contributed by atoms with Gasteiger partial charge in [0.05, 0.1) is 0 Å². The summed E-state index contributed by atoms with van der Waals surface area (Å²) in [6.45, 7) is 10.4. The molecule has 0 saturated heterocycles. The SMILES string of the molecule is C/C=C/CC/C(C)=C/CC/C(C)=C/CC/C(C)=C/CC1=C(C)C(=O)c2ccccc2C1=O. The highest BCUT2D eigenvalue weighted by Gasteiger charge is 2.28. The molecule has 0 unspecified atom stereocenters. The smallest absolute Gasteiger partial charge is 0.190 e. The Morgan fingerprint density at radius 2 is 1.25 bits per heavy atom. The molecule has 0 atom stereocenters. The molecular formula is C30H38O2. The van der Waals surface area contributed by atoms with E-state index in [1.807, 2.05) is 12.1 Å². The molecule has 0 N–H and O–H groups in total. The molecule has 2 nitrogen and oxygen atoms in total. The molecular weight excluding hydrogens is 392 g/mol. The predicted octanol–water partition coefficient (Wildman–Crippen LogP) is 8.53. The van der Waals surface area contributed by atoms with E-state index in [1.54, 1.807) is 19.1 Å². The topological polar surface area (TPSA) is 34.1 Å². The first kappa shape index (κ1) is 25.5. The summed E-state index contributed by atoms with van der Waals surface area (Å²) >= 11 is 0. The maximum Gasteiger partial charge on any atom is 0.190 e. The van der Waals surface area contributed by atoms with Crippen LogP contribution >= 0.6 is 0 Å². The Labute approximate surface area is 194 Å². The van der Waals surface area contributed by atoms with Gasteiger partial charge in [0.2, 0.25) is 0 Å². The maximum atomic E-state index is 12.9. The molecule has 0 heterocycles. The van der Waals surface area contributed by atoms with Crippen molar-refractivity contribution >= 4 is 11.6 Å². The van der Waals surface area contributed by atoms with Gasteiger partial charge in [-0.1, -0.05) is 71.4 Å². The monoisotopic (exact) mass is 430 g/mol. The summed E-state index contributed by atoms with van der Waals surface area (Å²) in [6.07, 6.45) is 18.1. The molecule has 0 bridgehead atoms. The van der Waals surface area contributed by atoms with Crippen molar-refractivity contribution in [2.45, 2.75) is 79.6 Å². The molecule has 0 aliphatic heterocycles. The quantitative estimate of drug-likeness (QED) is 0.330. The van der Waals surface area contributed by atoms with Crippen LogP contribution in [0.1, 0.15) is 100 Å². The fourth-order valence-electron chi connectivity index (χ4n) is 3.95. The lowest BCUT2D eigenvalue weighted by molar-refractivity contribution is 0.0973. The first-order chi connectivity index (χ1) is 15.3. The van der Waals surface area contributed by atoms with Crippen LogP contribution < -0.4 is 0 Å². The second kappa shape index (κ2) is 13.0. The molecule has 32 heavy (non-hydrogen) atoms. The largest absolute Gasteiger partial charge is 0.289 e. The van der Waals surface area contributed by atoms with Gasteiger partial charge >= 0.3 is 0 Å². The minimum absolute atomic E-state index is 0.00782. The fourth-order valence-corrected chi connectivity index (χ4v) is 3.95. The number of hydrogen-bond acceptors (Lipinski definition) is 2. The Bertz CT molecular complexity index is 980. The summed E-state index contributed by atoms with van der Waals surface area (Å²) in [5.41, 5.74) is 6.44. The molecule has 1 aliphatic rings. The van der Waals surface area contributed by atoms with Gasteiger partial charge in [0.15, 0.2) is 11.6 Å². The van der Waals surface area contributed by atoms with Crippen molar-refractivity contribution in [1.82, 2.24) is 0 Å². The third kappa shape index (κ3) is 7.44. The van der Waals surface area contributed by atoms with Crippen molar-refractivity contribution < 1.29 is 9.59 Å². The van der Waals surface area contributed by atoms with E-state index >= 15 is 0 Å². The Hall–Kier alpha value is -2.74. The number of hydrogen-bond donors (Lipinski definition) is 0. The molecule has 1 aromatic carbocycles. The van der Waals surface area contributed by atoms with E-state index in [4.69, 9.17) is 0 Å². The molecule has 0 amide bonds. The predicted molar refractivity (Wildman–Crippen MR) is 136 cm³/mol. The van der Waals surface area contributed by atoms with Crippen molar-refractivity contribution in [3.8, 4) is 0 Å². The summed E-state index contributed by atoms with van der Waals surface area (Å²) in [4.78, 5) is 25.5. The molecule has 0 aromatic heterocycles. The number of fused-ring (bicyclic) bond motifs is 1. The maximum absolute atomic E-state index is 12.9. The average molecular weight is 431 g/mol. The highest BCUT2D eigenvalue weighted by molar-refractivity contribution is 6.26. The van der Waals surface area contributed by atoms with Gasteiger partial charge in [0, 0.05) is 22.3 Å². The van der Waals surface area contributed by atoms with Crippen molar-refractivity contribution in [1.29, 1.82) is 0 Å². The zero-order valence-electron chi connectivity index (χ0n) is 20.5. The zero-order valence-corrected chi connectivity index (χ0v) is 20.5. The molecule has 2 heteroatoms. The van der Waals surface area contributed by atoms with Crippen LogP contribution in [0.15, 0.2) is 82.5 Å². The summed E-state index contributed by atoms with van der Waals surface area (Å²) in [5.74, 6) is -0.0301. The van der Waals surface area contributed by atoms with Crippen LogP contribution in [0.5, 0.6) is 0 Å². The van der Waals surface area contributed by atoms with Gasteiger partial charge in [-0.15, -0.1) is 0 Å². The molecule has 0 spiro atoms. The van der Waals surface area contributed by atoms with Gasteiger partial charge in [0.1, 0.15) is 0 Å². The van der Waals surface area contributed by atoms with Crippen LogP contribution in [0, 0.1) is 0 Å². The third-order valence-corrected chi connectivity index (χ3v) is 6.14. The minimum Gasteiger partial charge on any atom is -0.289 e. The molecule has 0 saturated carbocycles. The van der Waals surface area contributed by atoms with Crippen LogP contribution in [0.3, 0.4) is 0 Å². The van der Waals surface area contributed by atoms with E-state index in [9.17, 15) is 9.59 Å². The second-order valence-electron chi connectivity index (χ2n) is 8.85. The van der Waals surface area contributed by atoms with Crippen LogP contribution in [-0.4, -0.2) is 11.6 Å². The number of carbonyl (C=O) groups is 2. The standard InChI is InChI=1S/C30H38O2/c1-6-7-8-13-22(2)14-11-15-23(3)16-12-17-24(4)20-21-26-25(5)29(31)27-18-9-10-19-28(27)30(26)32/h6-7,9-10,14,16,18-20H,8,11-13,15,17,21H2,1-5H3/b7-6+,22-14+,23-16+,24-20+. The summed E-state index contributed by atoms with van der Waals surface area (Å²) < 4.78 is 0. The van der Waals surface area contributed by atoms with Gasteiger partial charge in [-0.25, -0.2) is 0 Å². The van der Waals surface area contributed by atoms with E-state index in [0.717, 1.165) is 38.5 Å². The highest BCUT2D eigenvalue weighted by atomic mass is 16.1. The first-order valence-electron chi connectivity index (χ1n) is 11.8. The van der Waals surface area contributed by atoms with Crippen LogP contribution in [0.25, 0.3) is 0 Å². The van der Waals surface area contributed by atoms with E-state index in [-0.39, 0.29) is 11.6 Å². The summed E-state index contributed by atoms with van der Waals surface area (Å²) in [7, 11) is 0. The van der Waals surface area contributed by atoms with Crippen LogP contribution in [0.2, 0.25) is 0 Å².